The van der Waals surface area contributed by atoms with Crippen molar-refractivity contribution in [1.29, 1.82) is 0 Å². The van der Waals surface area contributed by atoms with Gasteiger partial charge in [0.2, 0.25) is 0 Å². The lowest BCUT2D eigenvalue weighted by atomic mass is 10.6. The molecule has 0 fully saturated rings. The zero-order valence-electron chi connectivity index (χ0n) is 5.55. The van der Waals surface area contributed by atoms with E-state index in [0.29, 0.717) is 0 Å². The molecule has 7 heteroatoms. The monoisotopic (exact) mass is 184 g/mol. The SMILES string of the molecule is O=c1occ(COC(F)(F)F)o1. The third kappa shape index (κ3) is 2.79. The van der Waals surface area contributed by atoms with Crippen molar-refractivity contribution in [2.75, 3.05) is 0 Å². The standard InChI is InChI=1S/C5H3F3O4/c6-5(7,8)11-2-3-1-10-4(9)12-3/h1H,2H2. The number of rotatable bonds is 2. The molecule has 1 rings (SSSR count). The molecule has 0 N–H and O–H groups in total. The molecule has 12 heavy (non-hydrogen) atoms. The Morgan fingerprint density at radius 3 is 2.58 bits per heavy atom. The molecular weight excluding hydrogens is 181 g/mol. The molecule has 0 spiro atoms. The first-order valence-corrected chi connectivity index (χ1v) is 2.75. The molecule has 68 valence electrons. The largest absolute Gasteiger partial charge is 0.522 e. The molecule has 1 aromatic heterocycles. The van der Waals surface area contributed by atoms with E-state index in [1.165, 1.54) is 0 Å². The Balaban J connectivity index is 2.49. The Morgan fingerprint density at radius 1 is 1.50 bits per heavy atom. The molecule has 4 nitrogen and oxygen atoms in total. The van der Waals surface area contributed by atoms with Gasteiger partial charge in [0.15, 0.2) is 5.76 Å². The summed E-state index contributed by atoms with van der Waals surface area (Å²) in [6, 6.07) is 0. The summed E-state index contributed by atoms with van der Waals surface area (Å²) >= 11 is 0. The molecule has 0 saturated carbocycles. The van der Waals surface area contributed by atoms with Gasteiger partial charge in [0.1, 0.15) is 12.9 Å². The van der Waals surface area contributed by atoms with Crippen LogP contribution >= 0.6 is 0 Å². The maximum absolute atomic E-state index is 11.4. The number of alkyl halides is 3. The van der Waals surface area contributed by atoms with E-state index in [9.17, 15) is 18.0 Å². The highest BCUT2D eigenvalue weighted by Gasteiger charge is 2.29. The highest BCUT2D eigenvalue weighted by Crippen LogP contribution is 2.18. The minimum Gasteiger partial charge on any atom is -0.399 e. The smallest absolute Gasteiger partial charge is 0.399 e. The first-order chi connectivity index (χ1) is 5.47. The van der Waals surface area contributed by atoms with Gasteiger partial charge in [0, 0.05) is 0 Å². The van der Waals surface area contributed by atoms with Crippen LogP contribution in [0.4, 0.5) is 13.2 Å². The van der Waals surface area contributed by atoms with Crippen LogP contribution in [-0.4, -0.2) is 6.36 Å². The summed E-state index contributed by atoms with van der Waals surface area (Å²) in [5.41, 5.74) is 0. The number of hydrogen-bond acceptors (Lipinski definition) is 4. The van der Waals surface area contributed by atoms with Crippen molar-refractivity contribution in [3.63, 3.8) is 0 Å². The van der Waals surface area contributed by atoms with Gasteiger partial charge in [-0.1, -0.05) is 0 Å². The summed E-state index contributed by atoms with van der Waals surface area (Å²) in [7, 11) is 0. The van der Waals surface area contributed by atoms with Crippen molar-refractivity contribution < 1.29 is 26.7 Å². The highest BCUT2D eigenvalue weighted by atomic mass is 19.4. The molecule has 0 radical (unpaired) electrons. The summed E-state index contributed by atoms with van der Waals surface area (Å²) in [6.07, 6.45) is -3.98. The Bertz CT molecular complexity index is 296. The van der Waals surface area contributed by atoms with E-state index in [4.69, 9.17) is 0 Å². The molecule has 1 heterocycles. The molecule has 0 unspecified atom stereocenters. The van der Waals surface area contributed by atoms with Crippen LogP contribution in [0.15, 0.2) is 19.9 Å². The molecule has 0 atom stereocenters. The predicted octanol–water partition coefficient (Wildman–Crippen LogP) is 1.27. The Hall–Kier alpha value is -1.24. The van der Waals surface area contributed by atoms with Crippen LogP contribution in [0, 0.1) is 0 Å². The fourth-order valence-corrected chi connectivity index (χ4v) is 0.485. The molecule has 0 saturated heterocycles. The lowest BCUT2D eigenvalue weighted by Gasteiger charge is -2.03. The van der Waals surface area contributed by atoms with E-state index < -0.39 is 18.8 Å². The second-order valence-corrected chi connectivity index (χ2v) is 1.79. The van der Waals surface area contributed by atoms with Crippen LogP contribution in [0.3, 0.4) is 0 Å². The van der Waals surface area contributed by atoms with E-state index in [1.54, 1.807) is 0 Å². The Morgan fingerprint density at radius 2 is 2.17 bits per heavy atom. The zero-order valence-corrected chi connectivity index (χ0v) is 5.55. The van der Waals surface area contributed by atoms with Crippen LogP contribution in [0.25, 0.3) is 0 Å². The first kappa shape index (κ1) is 8.85. The summed E-state index contributed by atoms with van der Waals surface area (Å²) in [4.78, 5) is 10.1. The maximum atomic E-state index is 11.4. The van der Waals surface area contributed by atoms with E-state index in [-0.39, 0.29) is 5.76 Å². The quantitative estimate of drug-likeness (QED) is 0.694. The molecule has 0 aliphatic rings. The molecular formula is C5H3F3O4. The Labute approximate surface area is 63.5 Å². The second kappa shape index (κ2) is 3.02. The van der Waals surface area contributed by atoms with E-state index in [2.05, 4.69) is 13.6 Å². The van der Waals surface area contributed by atoms with Gasteiger partial charge in [0.25, 0.3) is 0 Å². The average molecular weight is 184 g/mol. The molecule has 0 aliphatic heterocycles. The van der Waals surface area contributed by atoms with Crippen LogP contribution < -0.4 is 5.82 Å². The van der Waals surface area contributed by atoms with E-state index in [1.807, 2.05) is 0 Å². The van der Waals surface area contributed by atoms with Crippen molar-refractivity contribution in [3.8, 4) is 0 Å². The van der Waals surface area contributed by atoms with Crippen molar-refractivity contribution >= 4 is 0 Å². The van der Waals surface area contributed by atoms with Crippen LogP contribution in [0.2, 0.25) is 0 Å². The van der Waals surface area contributed by atoms with Crippen molar-refractivity contribution in [2.24, 2.45) is 0 Å². The molecule has 1 aromatic rings. The van der Waals surface area contributed by atoms with Gasteiger partial charge in [-0.3, -0.25) is 4.74 Å². The number of hydrogen-bond donors (Lipinski definition) is 0. The highest BCUT2D eigenvalue weighted by molar-refractivity contribution is 4.81. The van der Waals surface area contributed by atoms with Gasteiger partial charge in [0.05, 0.1) is 0 Å². The molecule has 0 amide bonds. The lowest BCUT2D eigenvalue weighted by molar-refractivity contribution is -0.331. The lowest BCUT2D eigenvalue weighted by Crippen LogP contribution is -2.12. The van der Waals surface area contributed by atoms with Crippen LogP contribution in [0.5, 0.6) is 0 Å². The summed E-state index contributed by atoms with van der Waals surface area (Å²) in [5.74, 6) is -1.37. The van der Waals surface area contributed by atoms with Crippen molar-refractivity contribution in [3.05, 3.63) is 22.6 Å². The van der Waals surface area contributed by atoms with Gasteiger partial charge >= 0.3 is 12.2 Å². The van der Waals surface area contributed by atoms with Gasteiger partial charge in [-0.25, -0.2) is 4.79 Å². The minimum absolute atomic E-state index is 0.308. The van der Waals surface area contributed by atoms with E-state index >= 15 is 0 Å². The third-order valence-corrected chi connectivity index (χ3v) is 0.879. The Kier molecular flexibility index (Phi) is 2.22. The first-order valence-electron chi connectivity index (χ1n) is 2.75. The third-order valence-electron chi connectivity index (χ3n) is 0.879. The van der Waals surface area contributed by atoms with E-state index in [0.717, 1.165) is 6.26 Å². The molecule has 0 aromatic carbocycles. The minimum atomic E-state index is -4.74. The fraction of sp³-hybridized carbons (Fsp3) is 0.400. The molecule has 0 bridgehead atoms. The normalized spacial score (nSPS) is 11.9. The van der Waals surface area contributed by atoms with Gasteiger partial charge in [-0.15, -0.1) is 13.2 Å². The molecule has 0 aliphatic carbocycles. The summed E-state index contributed by atoms with van der Waals surface area (Å²) in [5, 5.41) is 0. The number of ether oxygens (including phenoxy) is 1. The number of halogens is 3. The summed E-state index contributed by atoms with van der Waals surface area (Å²) < 4.78 is 45.7. The van der Waals surface area contributed by atoms with Gasteiger partial charge < -0.3 is 8.83 Å². The van der Waals surface area contributed by atoms with Gasteiger partial charge in [-0.2, -0.15) is 0 Å². The maximum Gasteiger partial charge on any atom is 0.522 e. The van der Waals surface area contributed by atoms with Gasteiger partial charge in [-0.05, 0) is 0 Å². The van der Waals surface area contributed by atoms with Crippen LogP contribution in [-0.2, 0) is 11.3 Å². The van der Waals surface area contributed by atoms with Crippen molar-refractivity contribution in [2.45, 2.75) is 13.0 Å². The second-order valence-electron chi connectivity index (χ2n) is 1.79. The topological polar surface area (TPSA) is 52.6 Å². The fourth-order valence-electron chi connectivity index (χ4n) is 0.485. The summed E-state index contributed by atoms with van der Waals surface area (Å²) in [6.45, 7) is -0.866. The zero-order chi connectivity index (χ0) is 9.19. The van der Waals surface area contributed by atoms with Crippen molar-refractivity contribution in [1.82, 2.24) is 0 Å². The van der Waals surface area contributed by atoms with Crippen LogP contribution in [0.1, 0.15) is 5.76 Å². The average Bonchev–Trinajstić information content (AvgIpc) is 2.30. The predicted molar refractivity (Wildman–Crippen MR) is 28.1 cm³/mol.